The van der Waals surface area contributed by atoms with Gasteiger partial charge in [-0.3, -0.25) is 0 Å². The van der Waals surface area contributed by atoms with Crippen LogP contribution in [0.4, 0.5) is 0 Å². The maximum atomic E-state index is 9.91. The minimum Gasteiger partial charge on any atom is -0.389 e. The molecule has 1 saturated heterocycles. The Labute approximate surface area is 126 Å². The molecule has 5 heteroatoms. The van der Waals surface area contributed by atoms with Crippen LogP contribution in [-0.4, -0.2) is 56.8 Å². The molecule has 3 atom stereocenters. The van der Waals surface area contributed by atoms with Crippen LogP contribution >= 0.6 is 0 Å². The second-order valence-electron chi connectivity index (χ2n) is 5.27. The van der Waals surface area contributed by atoms with Crippen molar-refractivity contribution in [3.05, 3.63) is 35.9 Å². The molecule has 118 valence electrons. The van der Waals surface area contributed by atoms with Crippen LogP contribution in [-0.2, 0) is 14.2 Å². The maximum Gasteiger partial charge on any atom is 0.0933 e. The minimum absolute atomic E-state index is 0.0177. The van der Waals surface area contributed by atoms with Crippen LogP contribution in [0.2, 0.25) is 0 Å². The predicted molar refractivity (Wildman–Crippen MR) is 80.2 cm³/mol. The molecule has 2 N–H and O–H groups in total. The third kappa shape index (κ3) is 6.11. The summed E-state index contributed by atoms with van der Waals surface area (Å²) in [4.78, 5) is 0. The van der Waals surface area contributed by atoms with Crippen molar-refractivity contribution in [1.29, 1.82) is 0 Å². The quantitative estimate of drug-likeness (QED) is 0.753. The van der Waals surface area contributed by atoms with E-state index in [4.69, 9.17) is 14.2 Å². The first-order valence-corrected chi connectivity index (χ1v) is 7.50. The van der Waals surface area contributed by atoms with Crippen LogP contribution < -0.4 is 5.32 Å². The summed E-state index contributed by atoms with van der Waals surface area (Å²) < 4.78 is 16.5. The molecule has 5 nitrogen and oxygen atoms in total. The Balaban J connectivity index is 1.57. The van der Waals surface area contributed by atoms with E-state index in [0.29, 0.717) is 39.5 Å². The monoisotopic (exact) mass is 295 g/mol. The molecule has 1 aliphatic rings. The summed E-state index contributed by atoms with van der Waals surface area (Å²) in [7, 11) is 0. The number of hydrogen-bond donors (Lipinski definition) is 2. The lowest BCUT2D eigenvalue weighted by Gasteiger charge is -2.24. The first-order valence-electron chi connectivity index (χ1n) is 7.50. The molecular formula is C16H25NO4. The van der Waals surface area contributed by atoms with Gasteiger partial charge < -0.3 is 24.6 Å². The molecule has 0 aromatic heterocycles. The highest BCUT2D eigenvalue weighted by Crippen LogP contribution is 2.15. The molecule has 21 heavy (non-hydrogen) atoms. The molecule has 0 saturated carbocycles. The van der Waals surface area contributed by atoms with Gasteiger partial charge in [-0.2, -0.15) is 0 Å². The van der Waals surface area contributed by atoms with Crippen molar-refractivity contribution in [3.8, 4) is 0 Å². The van der Waals surface area contributed by atoms with E-state index in [1.165, 1.54) is 0 Å². The molecule has 1 aliphatic heterocycles. The second kappa shape index (κ2) is 9.12. The van der Waals surface area contributed by atoms with Gasteiger partial charge in [0.15, 0.2) is 0 Å². The zero-order valence-corrected chi connectivity index (χ0v) is 12.5. The van der Waals surface area contributed by atoms with Crippen LogP contribution in [0.15, 0.2) is 30.3 Å². The van der Waals surface area contributed by atoms with Gasteiger partial charge in [0.25, 0.3) is 0 Å². The molecule has 1 aromatic rings. The molecule has 0 amide bonds. The van der Waals surface area contributed by atoms with E-state index >= 15 is 0 Å². The Morgan fingerprint density at radius 2 is 2.14 bits per heavy atom. The first-order chi connectivity index (χ1) is 10.3. The van der Waals surface area contributed by atoms with Gasteiger partial charge in [0.2, 0.25) is 0 Å². The molecule has 2 rings (SSSR count). The molecule has 3 unspecified atom stereocenters. The predicted octanol–water partition coefficient (Wildman–Crippen LogP) is 1.13. The third-order valence-electron chi connectivity index (χ3n) is 3.44. The molecule has 1 heterocycles. The van der Waals surface area contributed by atoms with E-state index in [1.807, 2.05) is 37.3 Å². The van der Waals surface area contributed by atoms with E-state index in [0.717, 1.165) is 5.56 Å². The molecule has 0 radical (unpaired) electrons. The number of rotatable bonds is 8. The highest BCUT2D eigenvalue weighted by molar-refractivity contribution is 5.16. The van der Waals surface area contributed by atoms with E-state index in [9.17, 15) is 5.11 Å². The summed E-state index contributed by atoms with van der Waals surface area (Å²) >= 11 is 0. The fourth-order valence-electron chi connectivity index (χ4n) is 2.20. The van der Waals surface area contributed by atoms with E-state index in [-0.39, 0.29) is 12.2 Å². The lowest BCUT2D eigenvalue weighted by molar-refractivity contribution is -0.0873. The third-order valence-corrected chi connectivity index (χ3v) is 3.44. The minimum atomic E-state index is -0.527. The molecular weight excluding hydrogens is 270 g/mol. The Bertz CT molecular complexity index is 381. The van der Waals surface area contributed by atoms with Crippen molar-refractivity contribution in [3.63, 3.8) is 0 Å². The highest BCUT2D eigenvalue weighted by atomic mass is 16.6. The highest BCUT2D eigenvalue weighted by Gasteiger charge is 2.15. The molecule has 1 fully saturated rings. The van der Waals surface area contributed by atoms with Gasteiger partial charge in [-0.25, -0.2) is 0 Å². The normalized spacial score (nSPS) is 21.9. The van der Waals surface area contributed by atoms with Crippen molar-refractivity contribution < 1.29 is 19.3 Å². The number of hydrogen-bond acceptors (Lipinski definition) is 5. The Kier molecular flexibility index (Phi) is 7.12. The standard InChI is InChI=1S/C16H25NO4/c1-13(14-5-3-2-4-6-14)21-11-15(18)9-17-10-16-12-19-7-8-20-16/h2-6,13,15-18H,7-12H2,1H3. The Hall–Kier alpha value is -0.980. The van der Waals surface area contributed by atoms with Crippen molar-refractivity contribution in [2.45, 2.75) is 25.2 Å². The smallest absolute Gasteiger partial charge is 0.0933 e. The summed E-state index contributed by atoms with van der Waals surface area (Å²) in [6.45, 7) is 5.40. The van der Waals surface area contributed by atoms with E-state index in [1.54, 1.807) is 0 Å². The zero-order valence-electron chi connectivity index (χ0n) is 12.5. The topological polar surface area (TPSA) is 60.0 Å². The average Bonchev–Trinajstić information content (AvgIpc) is 2.54. The SMILES string of the molecule is CC(OCC(O)CNCC1COCCO1)c1ccccc1. The van der Waals surface area contributed by atoms with Crippen LogP contribution in [0.3, 0.4) is 0 Å². The van der Waals surface area contributed by atoms with Crippen LogP contribution in [0.5, 0.6) is 0 Å². The lowest BCUT2D eigenvalue weighted by Crippen LogP contribution is -2.40. The molecule has 0 spiro atoms. The summed E-state index contributed by atoms with van der Waals surface area (Å²) in [5.41, 5.74) is 1.12. The zero-order chi connectivity index (χ0) is 14.9. The van der Waals surface area contributed by atoms with Crippen molar-refractivity contribution >= 4 is 0 Å². The number of benzene rings is 1. The van der Waals surface area contributed by atoms with Gasteiger partial charge in [-0.05, 0) is 12.5 Å². The maximum absolute atomic E-state index is 9.91. The van der Waals surface area contributed by atoms with Crippen molar-refractivity contribution in [2.24, 2.45) is 0 Å². The number of nitrogens with one attached hydrogen (secondary N) is 1. The average molecular weight is 295 g/mol. The first kappa shape index (κ1) is 16.4. The fraction of sp³-hybridized carbons (Fsp3) is 0.625. The molecule has 0 aliphatic carbocycles. The van der Waals surface area contributed by atoms with Crippen LogP contribution in [0.25, 0.3) is 0 Å². The van der Waals surface area contributed by atoms with Gasteiger partial charge in [0.05, 0.1) is 44.7 Å². The van der Waals surface area contributed by atoms with Gasteiger partial charge in [-0.1, -0.05) is 30.3 Å². The van der Waals surface area contributed by atoms with Gasteiger partial charge in [0.1, 0.15) is 0 Å². The van der Waals surface area contributed by atoms with Crippen molar-refractivity contribution in [1.82, 2.24) is 5.32 Å². The van der Waals surface area contributed by atoms with E-state index in [2.05, 4.69) is 5.32 Å². The Morgan fingerprint density at radius 1 is 1.33 bits per heavy atom. The van der Waals surface area contributed by atoms with Crippen molar-refractivity contribution in [2.75, 3.05) is 39.5 Å². The van der Waals surface area contributed by atoms with Gasteiger partial charge >= 0.3 is 0 Å². The molecule has 1 aromatic carbocycles. The summed E-state index contributed by atoms with van der Waals surface area (Å²) in [6, 6.07) is 10.00. The summed E-state index contributed by atoms with van der Waals surface area (Å²) in [5.74, 6) is 0. The molecule has 0 bridgehead atoms. The van der Waals surface area contributed by atoms with Gasteiger partial charge in [-0.15, -0.1) is 0 Å². The summed E-state index contributed by atoms with van der Waals surface area (Å²) in [5, 5.41) is 13.1. The largest absolute Gasteiger partial charge is 0.389 e. The van der Waals surface area contributed by atoms with E-state index < -0.39 is 6.10 Å². The lowest BCUT2D eigenvalue weighted by atomic mass is 10.1. The second-order valence-corrected chi connectivity index (χ2v) is 5.27. The number of aliphatic hydroxyl groups is 1. The number of ether oxygens (including phenoxy) is 3. The summed E-state index contributed by atoms with van der Waals surface area (Å²) in [6.07, 6.45) is -0.466. The van der Waals surface area contributed by atoms with Crippen LogP contribution in [0.1, 0.15) is 18.6 Å². The fourth-order valence-corrected chi connectivity index (χ4v) is 2.20. The van der Waals surface area contributed by atoms with Crippen LogP contribution in [0, 0.1) is 0 Å². The Morgan fingerprint density at radius 3 is 2.86 bits per heavy atom. The number of aliphatic hydroxyl groups excluding tert-OH is 1. The van der Waals surface area contributed by atoms with Gasteiger partial charge in [0, 0.05) is 13.1 Å².